The van der Waals surface area contributed by atoms with E-state index in [1.54, 1.807) is 36.5 Å². The topological polar surface area (TPSA) is 104 Å². The van der Waals surface area contributed by atoms with E-state index >= 15 is 0 Å². The van der Waals surface area contributed by atoms with Gasteiger partial charge >= 0.3 is 5.97 Å². The minimum Gasteiger partial charge on any atom is -0.493 e. The van der Waals surface area contributed by atoms with Gasteiger partial charge in [-0.05, 0) is 48.0 Å². The number of hydrazone groups is 1. The van der Waals surface area contributed by atoms with Crippen LogP contribution in [0.2, 0.25) is 0 Å². The molecule has 0 aliphatic heterocycles. The highest BCUT2D eigenvalue weighted by Crippen LogP contribution is 2.27. The molecule has 2 rings (SSSR count). The third-order valence-electron chi connectivity index (χ3n) is 3.02. The SMILES string of the molecule is COc1cc(/C=N/Nc2ccc(C(=O)O)cc2)ccc1OCC#N. The second-order valence-electron chi connectivity index (χ2n) is 4.61. The molecule has 7 nitrogen and oxygen atoms in total. The first-order valence-corrected chi connectivity index (χ1v) is 6.94. The van der Waals surface area contributed by atoms with Gasteiger partial charge in [0.05, 0.1) is 24.6 Å². The molecule has 0 radical (unpaired) electrons. The van der Waals surface area contributed by atoms with Crippen LogP contribution in [-0.2, 0) is 0 Å². The second kappa shape index (κ2) is 8.19. The smallest absolute Gasteiger partial charge is 0.335 e. The van der Waals surface area contributed by atoms with Gasteiger partial charge in [-0.3, -0.25) is 5.43 Å². The highest BCUT2D eigenvalue weighted by atomic mass is 16.5. The van der Waals surface area contributed by atoms with Crippen LogP contribution < -0.4 is 14.9 Å². The van der Waals surface area contributed by atoms with Crippen LogP contribution in [0.5, 0.6) is 11.5 Å². The minimum absolute atomic E-state index is 0.0578. The number of ether oxygens (including phenoxy) is 2. The van der Waals surface area contributed by atoms with Gasteiger partial charge in [-0.1, -0.05) is 0 Å². The molecule has 0 amide bonds. The van der Waals surface area contributed by atoms with Crippen LogP contribution in [0.4, 0.5) is 5.69 Å². The first-order chi connectivity index (χ1) is 11.6. The zero-order valence-electron chi connectivity index (χ0n) is 12.9. The first-order valence-electron chi connectivity index (χ1n) is 6.94. The summed E-state index contributed by atoms with van der Waals surface area (Å²) in [5.74, 6) is 0.00397. The van der Waals surface area contributed by atoms with Crippen molar-refractivity contribution in [2.24, 2.45) is 5.10 Å². The van der Waals surface area contributed by atoms with E-state index in [9.17, 15) is 4.79 Å². The summed E-state index contributed by atoms with van der Waals surface area (Å²) in [6.07, 6.45) is 1.59. The third kappa shape index (κ3) is 4.48. The van der Waals surface area contributed by atoms with Gasteiger partial charge in [0.2, 0.25) is 0 Å². The van der Waals surface area contributed by atoms with Gasteiger partial charge in [-0.15, -0.1) is 0 Å². The summed E-state index contributed by atoms with van der Waals surface area (Å²) in [6, 6.07) is 13.3. The summed E-state index contributed by atoms with van der Waals surface area (Å²) in [5, 5.41) is 21.5. The van der Waals surface area contributed by atoms with E-state index in [2.05, 4.69) is 10.5 Å². The molecule has 2 aromatic rings. The Morgan fingerprint density at radius 3 is 2.67 bits per heavy atom. The minimum atomic E-state index is -0.976. The van der Waals surface area contributed by atoms with Crippen molar-refractivity contribution in [2.45, 2.75) is 0 Å². The van der Waals surface area contributed by atoms with Gasteiger partial charge in [0.15, 0.2) is 18.1 Å². The number of methoxy groups -OCH3 is 1. The number of benzene rings is 2. The molecule has 0 aromatic heterocycles. The van der Waals surface area contributed by atoms with Gasteiger partial charge < -0.3 is 14.6 Å². The van der Waals surface area contributed by atoms with E-state index in [-0.39, 0.29) is 12.2 Å². The Balaban J connectivity index is 2.03. The lowest BCUT2D eigenvalue weighted by Gasteiger charge is -2.08. The van der Waals surface area contributed by atoms with Crippen molar-refractivity contribution in [2.75, 3.05) is 19.1 Å². The van der Waals surface area contributed by atoms with Crippen molar-refractivity contribution < 1.29 is 19.4 Å². The van der Waals surface area contributed by atoms with E-state index in [0.29, 0.717) is 17.2 Å². The summed E-state index contributed by atoms with van der Waals surface area (Å²) < 4.78 is 10.5. The van der Waals surface area contributed by atoms with Crippen LogP contribution >= 0.6 is 0 Å². The number of anilines is 1. The zero-order valence-corrected chi connectivity index (χ0v) is 12.9. The number of aromatic carboxylic acids is 1. The summed E-state index contributed by atoms with van der Waals surface area (Å²) in [7, 11) is 1.51. The number of hydrogen-bond acceptors (Lipinski definition) is 6. The normalized spacial score (nSPS) is 10.2. The monoisotopic (exact) mass is 325 g/mol. The molecule has 0 aliphatic carbocycles. The largest absolute Gasteiger partial charge is 0.493 e. The number of nitriles is 1. The van der Waals surface area contributed by atoms with E-state index in [4.69, 9.17) is 19.8 Å². The average molecular weight is 325 g/mol. The predicted octanol–water partition coefficient (Wildman–Crippen LogP) is 2.74. The highest BCUT2D eigenvalue weighted by molar-refractivity contribution is 5.88. The van der Waals surface area contributed by atoms with Crippen LogP contribution in [0.3, 0.4) is 0 Å². The molecule has 122 valence electrons. The van der Waals surface area contributed by atoms with E-state index in [1.165, 1.54) is 19.2 Å². The Morgan fingerprint density at radius 2 is 2.04 bits per heavy atom. The molecule has 0 heterocycles. The molecule has 0 saturated heterocycles. The Bertz CT molecular complexity index is 779. The summed E-state index contributed by atoms with van der Waals surface area (Å²) in [6.45, 7) is -0.0578. The molecule has 0 bridgehead atoms. The summed E-state index contributed by atoms with van der Waals surface area (Å²) in [5.41, 5.74) is 4.45. The van der Waals surface area contributed by atoms with Crippen molar-refractivity contribution >= 4 is 17.9 Å². The molecule has 24 heavy (non-hydrogen) atoms. The molecule has 2 N–H and O–H groups in total. The molecule has 0 atom stereocenters. The number of nitrogens with one attached hydrogen (secondary N) is 1. The van der Waals surface area contributed by atoms with Gasteiger partial charge in [-0.25, -0.2) is 4.79 Å². The van der Waals surface area contributed by atoms with Gasteiger partial charge in [-0.2, -0.15) is 10.4 Å². The van der Waals surface area contributed by atoms with E-state index in [1.807, 2.05) is 6.07 Å². The maximum Gasteiger partial charge on any atom is 0.335 e. The van der Waals surface area contributed by atoms with Crippen molar-refractivity contribution in [3.63, 3.8) is 0 Å². The third-order valence-corrected chi connectivity index (χ3v) is 3.02. The lowest BCUT2D eigenvalue weighted by molar-refractivity contribution is 0.0697. The number of carboxylic acids is 1. The molecule has 7 heteroatoms. The zero-order chi connectivity index (χ0) is 17.4. The van der Waals surface area contributed by atoms with E-state index in [0.717, 1.165) is 5.56 Å². The van der Waals surface area contributed by atoms with Gasteiger partial charge in [0, 0.05) is 0 Å². The molecule has 0 fully saturated rings. The van der Waals surface area contributed by atoms with Crippen molar-refractivity contribution in [1.82, 2.24) is 0 Å². The van der Waals surface area contributed by atoms with Crippen LogP contribution in [0.1, 0.15) is 15.9 Å². The van der Waals surface area contributed by atoms with Crippen molar-refractivity contribution in [3.05, 3.63) is 53.6 Å². The number of rotatable bonds is 7. The first kappa shape index (κ1) is 16.8. The standard InChI is InChI=1S/C17H15N3O4/c1-23-16-10-12(2-7-15(16)24-9-8-18)11-19-20-14-5-3-13(4-6-14)17(21)22/h2-7,10-11,20H,9H2,1H3,(H,21,22)/b19-11+. The van der Waals surface area contributed by atoms with Crippen LogP contribution in [-0.4, -0.2) is 31.0 Å². The fourth-order valence-corrected chi connectivity index (χ4v) is 1.86. The number of carboxylic acid groups (broad SMARTS) is 1. The van der Waals surface area contributed by atoms with Crippen molar-refractivity contribution in [3.8, 4) is 17.6 Å². The average Bonchev–Trinajstić information content (AvgIpc) is 2.60. The Morgan fingerprint density at radius 1 is 1.29 bits per heavy atom. The maximum absolute atomic E-state index is 10.8. The molecule has 0 unspecified atom stereocenters. The van der Waals surface area contributed by atoms with Gasteiger partial charge in [0.1, 0.15) is 6.07 Å². The lowest BCUT2D eigenvalue weighted by atomic mass is 10.2. The maximum atomic E-state index is 10.8. The van der Waals surface area contributed by atoms with Crippen LogP contribution in [0.15, 0.2) is 47.6 Å². The predicted molar refractivity (Wildman–Crippen MR) is 88.7 cm³/mol. The van der Waals surface area contributed by atoms with Crippen LogP contribution in [0.25, 0.3) is 0 Å². The molecular weight excluding hydrogens is 310 g/mol. The molecule has 2 aromatic carbocycles. The summed E-state index contributed by atoms with van der Waals surface area (Å²) >= 11 is 0. The fraction of sp³-hybridized carbons (Fsp3) is 0.118. The number of carbonyl (C=O) groups is 1. The Labute approximate surface area is 138 Å². The van der Waals surface area contributed by atoms with Crippen molar-refractivity contribution in [1.29, 1.82) is 5.26 Å². The molecular formula is C17H15N3O4. The quantitative estimate of drug-likeness (QED) is 0.599. The molecule has 0 aliphatic rings. The molecule has 0 saturated carbocycles. The molecule has 0 spiro atoms. The number of nitrogens with zero attached hydrogens (tertiary/aromatic N) is 2. The Kier molecular flexibility index (Phi) is 5.75. The Hall–Kier alpha value is -3.53. The second-order valence-corrected chi connectivity index (χ2v) is 4.61. The van der Waals surface area contributed by atoms with Gasteiger partial charge in [0.25, 0.3) is 0 Å². The van der Waals surface area contributed by atoms with Crippen LogP contribution in [0, 0.1) is 11.3 Å². The lowest BCUT2D eigenvalue weighted by Crippen LogP contribution is -1.98. The highest BCUT2D eigenvalue weighted by Gasteiger charge is 2.05. The van der Waals surface area contributed by atoms with E-state index < -0.39 is 5.97 Å². The summed E-state index contributed by atoms with van der Waals surface area (Å²) in [4.78, 5) is 10.8. The fourth-order valence-electron chi connectivity index (χ4n) is 1.86. The number of hydrogen-bond donors (Lipinski definition) is 2.